The first kappa shape index (κ1) is 14.1. The average molecular weight is 264 g/mol. The smallest absolute Gasteiger partial charge is 0.229 e. The van der Waals surface area contributed by atoms with E-state index in [0.29, 0.717) is 18.5 Å². The number of aryl methyl sites for hydroxylation is 1. The summed E-state index contributed by atoms with van der Waals surface area (Å²) in [6.45, 7) is 10.00. The number of aromatic nitrogens is 2. The third kappa shape index (κ3) is 3.56. The van der Waals surface area contributed by atoms with Crippen molar-refractivity contribution >= 4 is 5.95 Å². The fraction of sp³-hybridized carbons (Fsp3) is 0.714. The molecule has 1 saturated heterocycles. The van der Waals surface area contributed by atoms with E-state index in [4.69, 9.17) is 4.74 Å². The zero-order chi connectivity index (χ0) is 13.7. The molecular weight excluding hydrogens is 240 g/mol. The van der Waals surface area contributed by atoms with Gasteiger partial charge in [0.2, 0.25) is 11.8 Å². The molecule has 1 aromatic heterocycles. The Morgan fingerprint density at radius 3 is 2.68 bits per heavy atom. The summed E-state index contributed by atoms with van der Waals surface area (Å²) < 4.78 is 5.64. The van der Waals surface area contributed by atoms with Crippen LogP contribution in [0.25, 0.3) is 0 Å². The highest BCUT2D eigenvalue weighted by molar-refractivity contribution is 5.37. The van der Waals surface area contributed by atoms with Crippen LogP contribution in [0.5, 0.6) is 5.88 Å². The zero-order valence-corrected chi connectivity index (χ0v) is 12.1. The standard InChI is InChI=1S/C14H24N4O/c1-4-6-18(12-9-15-10-12)14-16-11(3)8-13(17-14)19-7-5-2/h8,12,15H,4-7,9-10H2,1-3H3. The van der Waals surface area contributed by atoms with Crippen LogP contribution >= 0.6 is 0 Å². The van der Waals surface area contributed by atoms with E-state index in [1.807, 2.05) is 13.0 Å². The van der Waals surface area contributed by atoms with Crippen molar-refractivity contribution in [1.29, 1.82) is 0 Å². The van der Waals surface area contributed by atoms with Crippen molar-refractivity contribution in [2.45, 2.75) is 39.7 Å². The van der Waals surface area contributed by atoms with E-state index in [2.05, 4.69) is 34.0 Å². The maximum absolute atomic E-state index is 5.64. The molecule has 1 aliphatic rings. The van der Waals surface area contributed by atoms with Crippen molar-refractivity contribution < 1.29 is 4.74 Å². The normalized spacial score (nSPS) is 15.1. The summed E-state index contributed by atoms with van der Waals surface area (Å²) >= 11 is 0. The van der Waals surface area contributed by atoms with Crippen LogP contribution < -0.4 is 15.0 Å². The topological polar surface area (TPSA) is 50.3 Å². The molecule has 1 N–H and O–H groups in total. The number of hydrogen-bond donors (Lipinski definition) is 1. The van der Waals surface area contributed by atoms with Gasteiger partial charge >= 0.3 is 0 Å². The number of nitrogens with zero attached hydrogens (tertiary/aromatic N) is 3. The largest absolute Gasteiger partial charge is 0.478 e. The Labute approximate surface area is 115 Å². The number of ether oxygens (including phenoxy) is 1. The molecule has 0 aromatic carbocycles. The van der Waals surface area contributed by atoms with Crippen molar-refractivity contribution in [2.75, 3.05) is 31.1 Å². The molecule has 0 unspecified atom stereocenters. The molecule has 2 heterocycles. The van der Waals surface area contributed by atoms with Crippen molar-refractivity contribution in [3.8, 4) is 5.88 Å². The van der Waals surface area contributed by atoms with E-state index < -0.39 is 0 Å². The minimum absolute atomic E-state index is 0.515. The molecule has 0 saturated carbocycles. The number of rotatable bonds is 7. The van der Waals surface area contributed by atoms with Crippen molar-refractivity contribution in [3.05, 3.63) is 11.8 Å². The van der Waals surface area contributed by atoms with Gasteiger partial charge in [0, 0.05) is 31.4 Å². The third-order valence-corrected chi connectivity index (χ3v) is 3.20. The van der Waals surface area contributed by atoms with Gasteiger partial charge in [0.15, 0.2) is 0 Å². The Bertz CT molecular complexity index is 406. The molecule has 106 valence electrons. The van der Waals surface area contributed by atoms with Crippen LogP contribution in [0.1, 0.15) is 32.4 Å². The van der Waals surface area contributed by atoms with Crippen molar-refractivity contribution in [1.82, 2.24) is 15.3 Å². The quantitative estimate of drug-likeness (QED) is 0.813. The molecule has 19 heavy (non-hydrogen) atoms. The van der Waals surface area contributed by atoms with Crippen LogP contribution in [0.2, 0.25) is 0 Å². The van der Waals surface area contributed by atoms with Crippen molar-refractivity contribution in [2.24, 2.45) is 0 Å². The average Bonchev–Trinajstić information content (AvgIpc) is 2.33. The summed E-state index contributed by atoms with van der Waals surface area (Å²) in [5.74, 6) is 1.50. The predicted octanol–water partition coefficient (Wildman–Crippen LogP) is 1.76. The zero-order valence-electron chi connectivity index (χ0n) is 12.1. The third-order valence-electron chi connectivity index (χ3n) is 3.20. The SMILES string of the molecule is CCCOc1cc(C)nc(N(CCC)C2CNC2)n1. The highest BCUT2D eigenvalue weighted by Gasteiger charge is 2.26. The maximum Gasteiger partial charge on any atom is 0.229 e. The van der Waals surface area contributed by atoms with E-state index in [0.717, 1.165) is 44.1 Å². The summed E-state index contributed by atoms with van der Waals surface area (Å²) in [5.41, 5.74) is 0.962. The van der Waals surface area contributed by atoms with E-state index in [9.17, 15) is 0 Å². The Kier molecular flexibility index (Phi) is 4.96. The molecule has 0 radical (unpaired) electrons. The molecule has 1 aromatic rings. The Morgan fingerprint density at radius 1 is 1.32 bits per heavy atom. The molecule has 0 atom stereocenters. The lowest BCUT2D eigenvalue weighted by Gasteiger charge is -2.38. The molecule has 0 amide bonds. The highest BCUT2D eigenvalue weighted by atomic mass is 16.5. The van der Waals surface area contributed by atoms with Crippen molar-refractivity contribution in [3.63, 3.8) is 0 Å². The molecule has 1 aliphatic heterocycles. The predicted molar refractivity (Wildman–Crippen MR) is 76.8 cm³/mol. The van der Waals surface area contributed by atoms with Gasteiger partial charge in [0.25, 0.3) is 0 Å². The minimum Gasteiger partial charge on any atom is -0.478 e. The van der Waals surface area contributed by atoms with Gasteiger partial charge in [-0.1, -0.05) is 13.8 Å². The van der Waals surface area contributed by atoms with Gasteiger partial charge in [0.1, 0.15) is 0 Å². The van der Waals surface area contributed by atoms with E-state index in [1.165, 1.54) is 0 Å². The first-order valence-electron chi connectivity index (χ1n) is 7.20. The van der Waals surface area contributed by atoms with Gasteiger partial charge in [-0.3, -0.25) is 0 Å². The number of anilines is 1. The fourth-order valence-corrected chi connectivity index (χ4v) is 2.11. The van der Waals surface area contributed by atoms with Gasteiger partial charge < -0.3 is 15.0 Å². The maximum atomic E-state index is 5.64. The van der Waals surface area contributed by atoms with E-state index >= 15 is 0 Å². The highest BCUT2D eigenvalue weighted by Crippen LogP contribution is 2.19. The molecule has 0 spiro atoms. The van der Waals surface area contributed by atoms with Gasteiger partial charge in [-0.25, -0.2) is 4.98 Å². The van der Waals surface area contributed by atoms with Crippen LogP contribution in [0.3, 0.4) is 0 Å². The first-order valence-corrected chi connectivity index (χ1v) is 7.20. The molecule has 5 nitrogen and oxygen atoms in total. The summed E-state index contributed by atoms with van der Waals surface area (Å²) in [5, 5.41) is 3.30. The summed E-state index contributed by atoms with van der Waals surface area (Å²) in [6, 6.07) is 2.42. The molecule has 0 aliphatic carbocycles. The molecule has 2 rings (SSSR count). The lowest BCUT2D eigenvalue weighted by atomic mass is 10.1. The summed E-state index contributed by atoms with van der Waals surface area (Å²) in [6.07, 6.45) is 2.09. The van der Waals surface area contributed by atoms with Gasteiger partial charge in [-0.05, 0) is 19.8 Å². The lowest BCUT2D eigenvalue weighted by molar-refractivity contribution is 0.303. The molecule has 1 fully saturated rings. The number of nitrogens with one attached hydrogen (secondary N) is 1. The van der Waals surface area contributed by atoms with Gasteiger partial charge in [-0.15, -0.1) is 0 Å². The van der Waals surface area contributed by atoms with E-state index in [1.54, 1.807) is 0 Å². The number of hydrogen-bond acceptors (Lipinski definition) is 5. The fourth-order valence-electron chi connectivity index (χ4n) is 2.11. The summed E-state index contributed by atoms with van der Waals surface area (Å²) in [7, 11) is 0. The van der Waals surface area contributed by atoms with Crippen LogP contribution in [0, 0.1) is 6.92 Å². The van der Waals surface area contributed by atoms with Crippen LogP contribution in [-0.2, 0) is 0 Å². The van der Waals surface area contributed by atoms with Crippen LogP contribution in [0.15, 0.2) is 6.07 Å². The Balaban J connectivity index is 2.17. The monoisotopic (exact) mass is 264 g/mol. The van der Waals surface area contributed by atoms with Crippen LogP contribution in [-0.4, -0.2) is 42.3 Å². The van der Waals surface area contributed by atoms with E-state index in [-0.39, 0.29) is 0 Å². The first-order chi connectivity index (χ1) is 9.24. The van der Waals surface area contributed by atoms with Gasteiger partial charge in [-0.2, -0.15) is 4.98 Å². The van der Waals surface area contributed by atoms with Crippen LogP contribution in [0.4, 0.5) is 5.95 Å². The second-order valence-corrected chi connectivity index (χ2v) is 5.00. The van der Waals surface area contributed by atoms with Gasteiger partial charge in [0.05, 0.1) is 12.6 Å². The second kappa shape index (κ2) is 6.70. The summed E-state index contributed by atoms with van der Waals surface area (Å²) in [4.78, 5) is 11.4. The second-order valence-electron chi connectivity index (χ2n) is 5.00. The molecule has 0 bridgehead atoms. The molecular formula is C14H24N4O. The Hall–Kier alpha value is -1.36. The lowest BCUT2D eigenvalue weighted by Crippen LogP contribution is -2.58. The minimum atomic E-state index is 0.515. The molecule has 5 heteroatoms. The Morgan fingerprint density at radius 2 is 2.11 bits per heavy atom.